The van der Waals surface area contributed by atoms with Gasteiger partial charge in [-0.1, -0.05) is 18.9 Å². The zero-order chi connectivity index (χ0) is 12.4. The predicted octanol–water partition coefficient (Wildman–Crippen LogP) is 3.24. The molecule has 3 heteroatoms. The number of hydrogen-bond acceptors (Lipinski definition) is 1. The van der Waals surface area contributed by atoms with Crippen LogP contribution in [0.1, 0.15) is 43.2 Å². The number of carbonyl (C=O) groups excluding carboxylic acids is 1. The van der Waals surface area contributed by atoms with E-state index in [4.69, 9.17) is 0 Å². The van der Waals surface area contributed by atoms with Gasteiger partial charge < -0.3 is 10.6 Å². The molecule has 0 radical (unpaired) electrons. The third kappa shape index (κ3) is 2.50. The Hall–Kier alpha value is -1.51. The van der Waals surface area contributed by atoms with Gasteiger partial charge in [0.15, 0.2) is 0 Å². The lowest BCUT2D eigenvalue weighted by molar-refractivity contribution is 0.248. The Morgan fingerprint density at radius 2 is 1.83 bits per heavy atom. The maximum absolute atomic E-state index is 11.8. The summed E-state index contributed by atoms with van der Waals surface area (Å²) in [6.07, 6.45) is 8.30. The molecule has 1 aromatic carbocycles. The largest absolute Gasteiger partial charge is 0.335 e. The van der Waals surface area contributed by atoms with Crippen molar-refractivity contribution in [2.75, 3.05) is 5.32 Å². The lowest BCUT2D eigenvalue weighted by Crippen LogP contribution is -2.36. The number of carbonyl (C=O) groups is 1. The van der Waals surface area contributed by atoms with Gasteiger partial charge in [0.05, 0.1) is 0 Å². The molecule has 2 aliphatic carbocycles. The molecule has 18 heavy (non-hydrogen) atoms. The summed E-state index contributed by atoms with van der Waals surface area (Å²) in [5, 5.41) is 5.99. The van der Waals surface area contributed by atoms with Crippen LogP contribution in [-0.4, -0.2) is 12.1 Å². The predicted molar refractivity (Wildman–Crippen MR) is 72.9 cm³/mol. The maximum atomic E-state index is 11.8. The fourth-order valence-corrected chi connectivity index (χ4v) is 3.07. The van der Waals surface area contributed by atoms with Crippen LogP contribution in [0.2, 0.25) is 0 Å². The monoisotopic (exact) mass is 244 g/mol. The minimum Gasteiger partial charge on any atom is -0.335 e. The van der Waals surface area contributed by atoms with Crippen LogP contribution in [0, 0.1) is 0 Å². The standard InChI is InChI=1S/C15H20N2O/c18-15(16-13-6-1-2-7-13)17-14-9-8-11-4-3-5-12(11)10-14/h8-10,13H,1-7H2,(H2,16,17,18). The van der Waals surface area contributed by atoms with Gasteiger partial charge in [-0.15, -0.1) is 0 Å². The molecule has 2 N–H and O–H groups in total. The van der Waals surface area contributed by atoms with E-state index in [1.165, 1.54) is 36.8 Å². The Kier molecular flexibility index (Phi) is 3.22. The molecular weight excluding hydrogens is 224 g/mol. The molecular formula is C15H20N2O. The fraction of sp³-hybridized carbons (Fsp3) is 0.533. The Bertz CT molecular complexity index is 450. The molecule has 0 saturated heterocycles. The minimum atomic E-state index is -0.0557. The number of fused-ring (bicyclic) bond motifs is 1. The second kappa shape index (κ2) is 5.01. The van der Waals surface area contributed by atoms with Crippen molar-refractivity contribution in [3.63, 3.8) is 0 Å². The molecule has 0 atom stereocenters. The summed E-state index contributed by atoms with van der Waals surface area (Å²) < 4.78 is 0. The SMILES string of the molecule is O=C(Nc1ccc2c(c1)CCC2)NC1CCCC1. The van der Waals surface area contributed by atoms with Crippen LogP contribution in [0.5, 0.6) is 0 Å². The highest BCUT2D eigenvalue weighted by Crippen LogP contribution is 2.25. The quantitative estimate of drug-likeness (QED) is 0.824. The van der Waals surface area contributed by atoms with E-state index in [-0.39, 0.29) is 6.03 Å². The van der Waals surface area contributed by atoms with Crippen molar-refractivity contribution in [3.8, 4) is 0 Å². The molecule has 0 bridgehead atoms. The molecule has 1 saturated carbocycles. The van der Waals surface area contributed by atoms with Gasteiger partial charge in [-0.25, -0.2) is 4.79 Å². The zero-order valence-corrected chi connectivity index (χ0v) is 10.7. The topological polar surface area (TPSA) is 41.1 Å². The van der Waals surface area contributed by atoms with E-state index in [9.17, 15) is 4.79 Å². The first-order chi connectivity index (χ1) is 8.81. The van der Waals surface area contributed by atoms with Crippen molar-refractivity contribution < 1.29 is 4.79 Å². The van der Waals surface area contributed by atoms with Crippen LogP contribution in [0.15, 0.2) is 18.2 Å². The number of hydrogen-bond donors (Lipinski definition) is 2. The second-order valence-electron chi connectivity index (χ2n) is 5.42. The van der Waals surface area contributed by atoms with Crippen LogP contribution in [0.4, 0.5) is 10.5 Å². The Balaban J connectivity index is 1.60. The lowest BCUT2D eigenvalue weighted by atomic mass is 10.1. The van der Waals surface area contributed by atoms with E-state index < -0.39 is 0 Å². The van der Waals surface area contributed by atoms with Crippen molar-refractivity contribution in [1.29, 1.82) is 0 Å². The molecule has 2 amide bonds. The normalized spacial score (nSPS) is 18.7. The summed E-state index contributed by atoms with van der Waals surface area (Å²) in [4.78, 5) is 11.8. The highest BCUT2D eigenvalue weighted by atomic mass is 16.2. The van der Waals surface area contributed by atoms with E-state index in [1.807, 2.05) is 6.07 Å². The second-order valence-corrected chi connectivity index (χ2v) is 5.42. The first kappa shape index (κ1) is 11.6. The molecule has 96 valence electrons. The van der Waals surface area contributed by atoms with E-state index >= 15 is 0 Å². The Morgan fingerprint density at radius 3 is 2.67 bits per heavy atom. The number of benzene rings is 1. The maximum Gasteiger partial charge on any atom is 0.319 e. The molecule has 2 aliphatic rings. The van der Waals surface area contributed by atoms with Crippen molar-refractivity contribution in [2.45, 2.75) is 51.0 Å². The molecule has 3 rings (SSSR count). The Morgan fingerprint density at radius 1 is 1.06 bits per heavy atom. The van der Waals surface area contributed by atoms with E-state index in [2.05, 4.69) is 22.8 Å². The Labute approximate surface area is 108 Å². The number of rotatable bonds is 2. The molecule has 1 fully saturated rings. The highest BCUT2D eigenvalue weighted by molar-refractivity contribution is 5.89. The van der Waals surface area contributed by atoms with E-state index in [1.54, 1.807) is 0 Å². The van der Waals surface area contributed by atoms with Crippen LogP contribution < -0.4 is 10.6 Å². The summed E-state index contributed by atoms with van der Waals surface area (Å²) in [5.74, 6) is 0. The van der Waals surface area contributed by atoms with Crippen LogP contribution in [0.25, 0.3) is 0 Å². The highest BCUT2D eigenvalue weighted by Gasteiger charge is 2.17. The summed E-state index contributed by atoms with van der Waals surface area (Å²) in [7, 11) is 0. The van der Waals surface area contributed by atoms with E-state index in [0.29, 0.717) is 6.04 Å². The molecule has 0 heterocycles. The summed E-state index contributed by atoms with van der Waals surface area (Å²) in [6.45, 7) is 0. The van der Waals surface area contributed by atoms with Gasteiger partial charge in [0.25, 0.3) is 0 Å². The number of anilines is 1. The van der Waals surface area contributed by atoms with Crippen LogP contribution in [0.3, 0.4) is 0 Å². The van der Waals surface area contributed by atoms with Gasteiger partial charge in [0.2, 0.25) is 0 Å². The first-order valence-electron chi connectivity index (χ1n) is 7.00. The summed E-state index contributed by atoms with van der Waals surface area (Å²) in [5.41, 5.74) is 3.76. The smallest absolute Gasteiger partial charge is 0.319 e. The van der Waals surface area contributed by atoms with Gasteiger partial charge in [-0.2, -0.15) is 0 Å². The minimum absolute atomic E-state index is 0.0557. The molecule has 1 aromatic rings. The van der Waals surface area contributed by atoms with Gasteiger partial charge in [0.1, 0.15) is 0 Å². The van der Waals surface area contributed by atoms with Gasteiger partial charge in [-0.3, -0.25) is 0 Å². The lowest BCUT2D eigenvalue weighted by Gasteiger charge is -2.13. The first-order valence-corrected chi connectivity index (χ1v) is 7.00. The molecule has 0 unspecified atom stereocenters. The summed E-state index contributed by atoms with van der Waals surface area (Å²) >= 11 is 0. The molecule has 0 aliphatic heterocycles. The number of amides is 2. The number of nitrogens with one attached hydrogen (secondary N) is 2. The third-order valence-corrected chi connectivity index (χ3v) is 4.05. The number of urea groups is 1. The summed E-state index contributed by atoms with van der Waals surface area (Å²) in [6, 6.07) is 6.60. The third-order valence-electron chi connectivity index (χ3n) is 4.05. The molecule has 0 spiro atoms. The van der Waals surface area contributed by atoms with Crippen LogP contribution >= 0.6 is 0 Å². The van der Waals surface area contributed by atoms with E-state index in [0.717, 1.165) is 24.9 Å². The van der Waals surface area contributed by atoms with Gasteiger partial charge >= 0.3 is 6.03 Å². The average Bonchev–Trinajstić information content (AvgIpc) is 2.98. The van der Waals surface area contributed by atoms with Gasteiger partial charge in [-0.05, 0) is 55.4 Å². The average molecular weight is 244 g/mol. The van der Waals surface area contributed by atoms with Gasteiger partial charge in [0, 0.05) is 11.7 Å². The number of aryl methyl sites for hydroxylation is 2. The fourth-order valence-electron chi connectivity index (χ4n) is 3.07. The van der Waals surface area contributed by atoms with Crippen molar-refractivity contribution in [3.05, 3.63) is 29.3 Å². The molecule has 0 aromatic heterocycles. The van der Waals surface area contributed by atoms with Crippen molar-refractivity contribution in [2.24, 2.45) is 0 Å². The zero-order valence-electron chi connectivity index (χ0n) is 10.7. The van der Waals surface area contributed by atoms with Crippen LogP contribution in [-0.2, 0) is 12.8 Å². The molecule has 3 nitrogen and oxygen atoms in total. The van der Waals surface area contributed by atoms with Crippen molar-refractivity contribution >= 4 is 11.7 Å². The van der Waals surface area contributed by atoms with Crippen molar-refractivity contribution in [1.82, 2.24) is 5.32 Å².